The summed E-state index contributed by atoms with van der Waals surface area (Å²) in [7, 11) is -4.07. The number of hydrogen-bond acceptors (Lipinski definition) is 4. The number of nitrogens with zero attached hydrogens (tertiary/aromatic N) is 2. The molecule has 0 fully saturated rings. The normalized spacial score (nSPS) is 11.2. The first-order valence-electron chi connectivity index (χ1n) is 8.69. The van der Waals surface area contributed by atoms with Crippen LogP contribution in [0.5, 0.6) is 0 Å². The van der Waals surface area contributed by atoms with Crippen LogP contribution in [0.15, 0.2) is 65.8 Å². The standard InChI is InChI=1S/C19H18F2N4O3S/c20-17-9-8-16(13-18(17)21)29(27,28)24-15-6-4-14(5-7-15)23-19(26)3-1-11-25-12-2-10-22-25/h2,4-10,12-13,24H,1,3,11H2,(H,23,26). The third kappa shape index (κ3) is 5.61. The quantitative estimate of drug-likeness (QED) is 0.584. The summed E-state index contributed by atoms with van der Waals surface area (Å²) < 4.78 is 54.8. The molecule has 3 rings (SSSR count). The fourth-order valence-corrected chi connectivity index (χ4v) is 3.61. The first kappa shape index (κ1) is 20.5. The van der Waals surface area contributed by atoms with E-state index in [-0.39, 0.29) is 11.6 Å². The van der Waals surface area contributed by atoms with Gasteiger partial charge in [0.2, 0.25) is 5.91 Å². The van der Waals surface area contributed by atoms with Crippen LogP contribution in [-0.2, 0) is 21.4 Å². The zero-order chi connectivity index (χ0) is 20.9. The molecule has 0 spiro atoms. The Bertz CT molecular complexity index is 1090. The number of aryl methyl sites for hydroxylation is 1. The van der Waals surface area contributed by atoms with Crippen LogP contribution >= 0.6 is 0 Å². The molecule has 0 atom stereocenters. The van der Waals surface area contributed by atoms with Gasteiger partial charge < -0.3 is 5.32 Å². The molecule has 0 radical (unpaired) electrons. The van der Waals surface area contributed by atoms with Crippen molar-refractivity contribution in [2.75, 3.05) is 10.0 Å². The Labute approximate surface area is 166 Å². The smallest absolute Gasteiger partial charge is 0.261 e. The highest BCUT2D eigenvalue weighted by Crippen LogP contribution is 2.20. The molecule has 29 heavy (non-hydrogen) atoms. The van der Waals surface area contributed by atoms with Crippen molar-refractivity contribution in [2.45, 2.75) is 24.3 Å². The van der Waals surface area contributed by atoms with E-state index in [1.165, 1.54) is 24.3 Å². The van der Waals surface area contributed by atoms with Gasteiger partial charge in [0, 0.05) is 36.7 Å². The Morgan fingerprint density at radius 2 is 1.76 bits per heavy atom. The average molecular weight is 420 g/mol. The summed E-state index contributed by atoms with van der Waals surface area (Å²) in [5.41, 5.74) is 0.719. The Morgan fingerprint density at radius 1 is 1.03 bits per heavy atom. The van der Waals surface area contributed by atoms with Crippen LogP contribution in [0.1, 0.15) is 12.8 Å². The fraction of sp³-hybridized carbons (Fsp3) is 0.158. The van der Waals surface area contributed by atoms with Gasteiger partial charge in [-0.25, -0.2) is 17.2 Å². The van der Waals surface area contributed by atoms with E-state index in [0.717, 1.165) is 12.1 Å². The Kier molecular flexibility index (Phi) is 6.23. The van der Waals surface area contributed by atoms with Crippen molar-refractivity contribution in [3.8, 4) is 0 Å². The zero-order valence-corrected chi connectivity index (χ0v) is 16.0. The van der Waals surface area contributed by atoms with E-state index in [1.807, 2.05) is 12.3 Å². The summed E-state index contributed by atoms with van der Waals surface area (Å²) in [5.74, 6) is -2.56. The predicted molar refractivity (Wildman–Crippen MR) is 104 cm³/mol. The minimum atomic E-state index is -4.07. The maximum Gasteiger partial charge on any atom is 0.261 e. The highest BCUT2D eigenvalue weighted by atomic mass is 32.2. The molecule has 1 amide bonds. The maximum atomic E-state index is 13.3. The van der Waals surface area contributed by atoms with Crippen molar-refractivity contribution in [3.05, 3.63) is 72.6 Å². The van der Waals surface area contributed by atoms with Crippen molar-refractivity contribution in [3.63, 3.8) is 0 Å². The Morgan fingerprint density at radius 3 is 2.41 bits per heavy atom. The summed E-state index contributed by atoms with van der Waals surface area (Å²) in [5, 5.41) is 6.78. The van der Waals surface area contributed by atoms with Gasteiger partial charge in [-0.2, -0.15) is 5.10 Å². The van der Waals surface area contributed by atoms with Crippen molar-refractivity contribution in [2.24, 2.45) is 0 Å². The van der Waals surface area contributed by atoms with E-state index in [4.69, 9.17) is 0 Å². The van der Waals surface area contributed by atoms with Gasteiger partial charge in [-0.3, -0.25) is 14.2 Å². The van der Waals surface area contributed by atoms with Crippen LogP contribution in [0, 0.1) is 11.6 Å². The topological polar surface area (TPSA) is 93.1 Å². The summed E-state index contributed by atoms with van der Waals surface area (Å²) in [4.78, 5) is 11.6. The van der Waals surface area contributed by atoms with Crippen molar-refractivity contribution >= 4 is 27.3 Å². The highest BCUT2D eigenvalue weighted by Gasteiger charge is 2.16. The van der Waals surface area contributed by atoms with Gasteiger partial charge in [-0.05, 0) is 55.0 Å². The molecule has 0 aliphatic rings. The van der Waals surface area contributed by atoms with Gasteiger partial charge in [0.1, 0.15) is 0 Å². The molecule has 0 bridgehead atoms. The first-order chi connectivity index (χ1) is 13.8. The summed E-state index contributed by atoms with van der Waals surface area (Å²) in [6.45, 7) is 0.630. The number of rotatable bonds is 8. The van der Waals surface area contributed by atoms with Crippen LogP contribution in [0.4, 0.5) is 20.2 Å². The molecule has 2 aromatic carbocycles. The van der Waals surface area contributed by atoms with E-state index < -0.39 is 26.6 Å². The number of halogens is 2. The van der Waals surface area contributed by atoms with Gasteiger partial charge in [0.15, 0.2) is 11.6 Å². The van der Waals surface area contributed by atoms with Crippen molar-refractivity contribution in [1.82, 2.24) is 9.78 Å². The van der Waals surface area contributed by atoms with Crippen LogP contribution in [0.25, 0.3) is 0 Å². The molecule has 1 aromatic heterocycles. The summed E-state index contributed by atoms with van der Waals surface area (Å²) in [6.07, 6.45) is 4.42. The minimum Gasteiger partial charge on any atom is -0.326 e. The van der Waals surface area contributed by atoms with E-state index in [9.17, 15) is 22.0 Å². The van der Waals surface area contributed by atoms with E-state index in [0.29, 0.717) is 31.1 Å². The molecule has 0 aliphatic carbocycles. The van der Waals surface area contributed by atoms with Crippen molar-refractivity contribution < 1.29 is 22.0 Å². The highest BCUT2D eigenvalue weighted by molar-refractivity contribution is 7.92. The number of aromatic nitrogens is 2. The minimum absolute atomic E-state index is 0.174. The van der Waals surface area contributed by atoms with Gasteiger partial charge in [0.25, 0.3) is 10.0 Å². The van der Waals surface area contributed by atoms with Gasteiger partial charge in [0.05, 0.1) is 4.90 Å². The number of sulfonamides is 1. The number of carbonyl (C=O) groups is 1. The SMILES string of the molecule is O=C(CCCn1cccn1)Nc1ccc(NS(=O)(=O)c2ccc(F)c(F)c2)cc1. The maximum absolute atomic E-state index is 13.3. The van der Waals surface area contributed by atoms with E-state index in [1.54, 1.807) is 10.9 Å². The summed E-state index contributed by atoms with van der Waals surface area (Å²) >= 11 is 0. The Balaban J connectivity index is 1.55. The lowest BCUT2D eigenvalue weighted by atomic mass is 10.2. The second-order valence-electron chi connectivity index (χ2n) is 6.18. The molecule has 0 saturated heterocycles. The molecular formula is C19H18F2N4O3S. The monoisotopic (exact) mass is 420 g/mol. The van der Waals surface area contributed by atoms with E-state index >= 15 is 0 Å². The molecule has 10 heteroatoms. The second kappa shape index (κ2) is 8.82. The van der Waals surface area contributed by atoms with Gasteiger partial charge >= 0.3 is 0 Å². The number of amides is 1. The summed E-state index contributed by atoms with van der Waals surface area (Å²) in [6, 6.07) is 10.1. The number of hydrogen-bond donors (Lipinski definition) is 2. The average Bonchev–Trinajstić information content (AvgIpc) is 3.19. The van der Waals surface area contributed by atoms with E-state index in [2.05, 4.69) is 15.1 Å². The molecule has 7 nitrogen and oxygen atoms in total. The zero-order valence-electron chi connectivity index (χ0n) is 15.2. The molecule has 2 N–H and O–H groups in total. The lowest BCUT2D eigenvalue weighted by molar-refractivity contribution is -0.116. The van der Waals surface area contributed by atoms with Crippen LogP contribution in [-0.4, -0.2) is 24.1 Å². The molecule has 0 saturated carbocycles. The number of nitrogens with one attached hydrogen (secondary N) is 2. The molecule has 3 aromatic rings. The number of benzene rings is 2. The lowest BCUT2D eigenvalue weighted by Crippen LogP contribution is -2.14. The second-order valence-corrected chi connectivity index (χ2v) is 7.86. The molecule has 152 valence electrons. The van der Waals surface area contributed by atoms with Gasteiger partial charge in [-0.15, -0.1) is 0 Å². The largest absolute Gasteiger partial charge is 0.326 e. The molecule has 0 unspecified atom stereocenters. The van der Waals surface area contributed by atoms with Gasteiger partial charge in [-0.1, -0.05) is 0 Å². The van der Waals surface area contributed by atoms with Crippen LogP contribution in [0.3, 0.4) is 0 Å². The number of carbonyl (C=O) groups excluding carboxylic acids is 1. The lowest BCUT2D eigenvalue weighted by Gasteiger charge is -2.10. The molecular weight excluding hydrogens is 402 g/mol. The third-order valence-corrected chi connectivity index (χ3v) is 5.35. The third-order valence-electron chi connectivity index (χ3n) is 3.97. The fourth-order valence-electron chi connectivity index (χ4n) is 2.54. The first-order valence-corrected chi connectivity index (χ1v) is 10.2. The van der Waals surface area contributed by atoms with Crippen molar-refractivity contribution in [1.29, 1.82) is 0 Å². The van der Waals surface area contributed by atoms with Crippen LogP contribution < -0.4 is 10.0 Å². The molecule has 1 heterocycles. The Hall–Kier alpha value is -3.27. The predicted octanol–water partition coefficient (Wildman–Crippen LogP) is 3.38. The number of anilines is 2. The molecule has 0 aliphatic heterocycles. The van der Waals surface area contributed by atoms with Crippen LogP contribution in [0.2, 0.25) is 0 Å².